The van der Waals surface area contributed by atoms with Gasteiger partial charge in [0.1, 0.15) is 18.2 Å². The Labute approximate surface area is 218 Å². The molecule has 0 aromatic heterocycles. The molecule has 3 unspecified atom stereocenters. The van der Waals surface area contributed by atoms with Gasteiger partial charge in [0.25, 0.3) is 5.91 Å². The summed E-state index contributed by atoms with van der Waals surface area (Å²) in [6, 6.07) is 10.2. The Morgan fingerprint density at radius 1 is 1.11 bits per heavy atom. The normalized spacial score (nSPS) is 17.7. The molecule has 1 saturated carbocycles. The Balaban J connectivity index is 1.98. The summed E-state index contributed by atoms with van der Waals surface area (Å²) in [6.07, 6.45) is 0.0943. The second kappa shape index (κ2) is 10.9. The second-order valence-corrected chi connectivity index (χ2v) is 11.0. The van der Waals surface area contributed by atoms with Gasteiger partial charge in [0, 0.05) is 6.04 Å². The molecular weight excluding hydrogens is 478 g/mol. The first kappa shape index (κ1) is 27.5. The number of carbonyl (C=O) groups excluding carboxylic acids is 3. The number of amides is 3. The lowest BCUT2D eigenvalue weighted by atomic mass is 9.96. The van der Waals surface area contributed by atoms with Crippen LogP contribution in [0.25, 0.3) is 0 Å². The Bertz CT molecular complexity index is 1140. The standard InChI is InChI=1S/C28H36ClN3O4/c1-16-11-12-17(2)20(13-16)25(26(34)31-24-18(3)9-8-10-21(24)29)32(22-14-19(22)4)23(33)15-30-27(35)36-28(5,6)7/h8-13,19,22,25H,14-15H2,1-7H3,(H,30,35)(H,31,34). The fourth-order valence-electron chi connectivity index (χ4n) is 4.22. The molecule has 1 aliphatic carbocycles. The molecule has 2 aromatic carbocycles. The first-order valence-corrected chi connectivity index (χ1v) is 12.6. The van der Waals surface area contributed by atoms with E-state index >= 15 is 0 Å². The smallest absolute Gasteiger partial charge is 0.408 e. The molecule has 3 amide bonds. The van der Waals surface area contributed by atoms with Gasteiger partial charge in [0.05, 0.1) is 10.7 Å². The van der Waals surface area contributed by atoms with Gasteiger partial charge in [0.15, 0.2) is 0 Å². The van der Waals surface area contributed by atoms with Crippen LogP contribution in [0.4, 0.5) is 10.5 Å². The molecule has 2 N–H and O–H groups in total. The molecule has 1 fully saturated rings. The Hall–Kier alpha value is -3.06. The molecule has 2 aromatic rings. The van der Waals surface area contributed by atoms with Gasteiger partial charge in [-0.3, -0.25) is 9.59 Å². The number of alkyl carbamates (subject to hydrolysis) is 1. The van der Waals surface area contributed by atoms with Gasteiger partial charge in [-0.1, -0.05) is 54.4 Å². The van der Waals surface area contributed by atoms with Crippen molar-refractivity contribution in [2.24, 2.45) is 5.92 Å². The number of aryl methyl sites for hydroxylation is 3. The maximum absolute atomic E-state index is 13.9. The van der Waals surface area contributed by atoms with Crippen molar-refractivity contribution in [3.05, 3.63) is 63.7 Å². The van der Waals surface area contributed by atoms with Crippen LogP contribution in [-0.4, -0.2) is 41.0 Å². The summed E-state index contributed by atoms with van der Waals surface area (Å²) >= 11 is 6.40. The van der Waals surface area contributed by atoms with Gasteiger partial charge >= 0.3 is 6.09 Å². The number of anilines is 1. The molecule has 0 aliphatic heterocycles. The van der Waals surface area contributed by atoms with Gasteiger partial charge in [-0.25, -0.2) is 4.79 Å². The van der Waals surface area contributed by atoms with Crippen molar-refractivity contribution in [1.29, 1.82) is 0 Å². The summed E-state index contributed by atoms with van der Waals surface area (Å²) in [5.74, 6) is -0.477. The molecule has 7 nitrogen and oxygen atoms in total. The van der Waals surface area contributed by atoms with Crippen LogP contribution < -0.4 is 10.6 Å². The van der Waals surface area contributed by atoms with Crippen molar-refractivity contribution < 1.29 is 19.1 Å². The minimum atomic E-state index is -0.900. The number of hydrogen-bond acceptors (Lipinski definition) is 4. The highest BCUT2D eigenvalue weighted by Gasteiger charge is 2.46. The molecule has 1 aliphatic rings. The summed E-state index contributed by atoms with van der Waals surface area (Å²) in [7, 11) is 0. The van der Waals surface area contributed by atoms with E-state index in [1.54, 1.807) is 31.7 Å². The van der Waals surface area contributed by atoms with Crippen LogP contribution >= 0.6 is 11.6 Å². The van der Waals surface area contributed by atoms with Crippen molar-refractivity contribution in [2.45, 2.75) is 72.6 Å². The van der Waals surface area contributed by atoms with Gasteiger partial charge < -0.3 is 20.3 Å². The number of benzene rings is 2. The third kappa shape index (κ3) is 6.78. The third-order valence-corrected chi connectivity index (χ3v) is 6.54. The summed E-state index contributed by atoms with van der Waals surface area (Å²) in [4.78, 5) is 41.4. The van der Waals surface area contributed by atoms with E-state index in [4.69, 9.17) is 16.3 Å². The second-order valence-electron chi connectivity index (χ2n) is 10.6. The molecule has 3 atom stereocenters. The van der Waals surface area contributed by atoms with Crippen molar-refractivity contribution >= 4 is 35.2 Å². The van der Waals surface area contributed by atoms with Crippen LogP contribution in [0, 0.1) is 26.7 Å². The molecule has 8 heteroatoms. The van der Waals surface area contributed by atoms with Crippen LogP contribution in [-0.2, 0) is 14.3 Å². The Kier molecular flexibility index (Phi) is 8.34. The predicted molar refractivity (Wildman–Crippen MR) is 142 cm³/mol. The number of para-hydroxylation sites is 1. The van der Waals surface area contributed by atoms with E-state index in [9.17, 15) is 14.4 Å². The lowest BCUT2D eigenvalue weighted by Crippen LogP contribution is -2.48. The van der Waals surface area contributed by atoms with Crippen LogP contribution in [0.5, 0.6) is 0 Å². The lowest BCUT2D eigenvalue weighted by Gasteiger charge is -2.33. The van der Waals surface area contributed by atoms with Crippen molar-refractivity contribution in [1.82, 2.24) is 10.2 Å². The van der Waals surface area contributed by atoms with Crippen molar-refractivity contribution in [3.8, 4) is 0 Å². The van der Waals surface area contributed by atoms with E-state index in [0.29, 0.717) is 10.7 Å². The summed E-state index contributed by atoms with van der Waals surface area (Å²) in [5, 5.41) is 5.95. The highest BCUT2D eigenvalue weighted by molar-refractivity contribution is 6.34. The zero-order chi connectivity index (χ0) is 26.8. The highest BCUT2D eigenvalue weighted by Crippen LogP contribution is 2.41. The van der Waals surface area contributed by atoms with Crippen molar-refractivity contribution in [2.75, 3.05) is 11.9 Å². The predicted octanol–water partition coefficient (Wildman–Crippen LogP) is 5.71. The van der Waals surface area contributed by atoms with E-state index in [0.717, 1.165) is 28.7 Å². The molecule has 36 heavy (non-hydrogen) atoms. The molecule has 0 radical (unpaired) electrons. The average Bonchev–Trinajstić information content (AvgIpc) is 3.49. The zero-order valence-corrected chi connectivity index (χ0v) is 22.8. The molecule has 0 spiro atoms. The maximum Gasteiger partial charge on any atom is 0.408 e. The topological polar surface area (TPSA) is 87.7 Å². The number of rotatable bonds is 7. The summed E-state index contributed by atoms with van der Waals surface area (Å²) < 4.78 is 5.28. The third-order valence-electron chi connectivity index (χ3n) is 6.22. The average molecular weight is 514 g/mol. The monoisotopic (exact) mass is 513 g/mol. The number of halogens is 1. The molecule has 3 rings (SSSR count). The number of ether oxygens (including phenoxy) is 1. The summed E-state index contributed by atoms with van der Waals surface area (Å²) in [5.41, 5.74) is 3.25. The quantitative estimate of drug-likeness (QED) is 0.496. The van der Waals surface area contributed by atoms with E-state index < -0.39 is 17.7 Å². The van der Waals surface area contributed by atoms with Gasteiger partial charge in [-0.15, -0.1) is 0 Å². The molecule has 194 valence electrons. The van der Waals surface area contributed by atoms with Gasteiger partial charge in [-0.2, -0.15) is 0 Å². The van der Waals surface area contributed by atoms with Crippen LogP contribution in [0.3, 0.4) is 0 Å². The first-order chi connectivity index (χ1) is 16.8. The number of hydrogen-bond donors (Lipinski definition) is 2. The van der Waals surface area contributed by atoms with Gasteiger partial charge in [0.2, 0.25) is 5.91 Å². The van der Waals surface area contributed by atoms with E-state index in [-0.39, 0.29) is 30.3 Å². The van der Waals surface area contributed by atoms with Crippen LogP contribution in [0.2, 0.25) is 5.02 Å². The maximum atomic E-state index is 13.9. The van der Waals surface area contributed by atoms with E-state index in [1.165, 1.54) is 0 Å². The summed E-state index contributed by atoms with van der Waals surface area (Å²) in [6.45, 7) is 12.8. The lowest BCUT2D eigenvalue weighted by molar-refractivity contribution is -0.139. The highest BCUT2D eigenvalue weighted by atomic mass is 35.5. The number of nitrogens with one attached hydrogen (secondary N) is 2. The fourth-order valence-corrected chi connectivity index (χ4v) is 4.49. The molecule has 0 heterocycles. The largest absolute Gasteiger partial charge is 0.444 e. The zero-order valence-electron chi connectivity index (χ0n) is 22.1. The van der Waals surface area contributed by atoms with E-state index in [2.05, 4.69) is 10.6 Å². The number of carbonyl (C=O) groups is 3. The Morgan fingerprint density at radius 2 is 1.78 bits per heavy atom. The van der Waals surface area contributed by atoms with Gasteiger partial charge in [-0.05, 0) is 76.6 Å². The van der Waals surface area contributed by atoms with E-state index in [1.807, 2.05) is 58.0 Å². The number of nitrogens with zero attached hydrogens (tertiary/aromatic N) is 1. The first-order valence-electron chi connectivity index (χ1n) is 12.2. The van der Waals surface area contributed by atoms with Crippen LogP contribution in [0.15, 0.2) is 36.4 Å². The van der Waals surface area contributed by atoms with Crippen LogP contribution in [0.1, 0.15) is 62.4 Å². The minimum absolute atomic E-state index is 0.124. The SMILES string of the molecule is Cc1ccc(C)c(C(C(=O)Nc2c(C)cccc2Cl)N(C(=O)CNC(=O)OC(C)(C)C)C2CC2C)c1. The molecule has 0 bridgehead atoms. The van der Waals surface area contributed by atoms with Crippen molar-refractivity contribution in [3.63, 3.8) is 0 Å². The Morgan fingerprint density at radius 3 is 2.36 bits per heavy atom. The fraction of sp³-hybridized carbons (Fsp3) is 0.464. The molecular formula is C28H36ClN3O4. The molecule has 0 saturated heterocycles. The minimum Gasteiger partial charge on any atom is -0.444 e.